The van der Waals surface area contributed by atoms with Crippen molar-refractivity contribution in [3.8, 4) is 0 Å². The summed E-state index contributed by atoms with van der Waals surface area (Å²) in [5.41, 5.74) is 1.03. The average Bonchev–Trinajstić information content (AvgIpc) is 2.17. The molecule has 0 aliphatic carbocycles. The molecule has 0 heterocycles. The highest BCUT2D eigenvalue weighted by Gasteiger charge is 2.06. The lowest BCUT2D eigenvalue weighted by Gasteiger charge is -2.21. The fourth-order valence-corrected chi connectivity index (χ4v) is 1.96. The van der Waals surface area contributed by atoms with E-state index in [0.29, 0.717) is 5.92 Å². The van der Waals surface area contributed by atoms with Gasteiger partial charge in [0, 0.05) is 13.1 Å². The lowest BCUT2D eigenvalue weighted by molar-refractivity contribution is 0.276. The lowest BCUT2D eigenvalue weighted by atomic mass is 10.1. The van der Waals surface area contributed by atoms with Crippen LogP contribution in [0.5, 0.6) is 0 Å². The molecule has 16 heavy (non-hydrogen) atoms. The SMILES string of the molecule is CNCC(C)CN(C)Cc1cccc(F)c1. The van der Waals surface area contributed by atoms with E-state index in [1.807, 2.05) is 13.1 Å². The number of halogens is 1. The monoisotopic (exact) mass is 224 g/mol. The van der Waals surface area contributed by atoms with Gasteiger partial charge >= 0.3 is 0 Å². The molecule has 90 valence electrons. The summed E-state index contributed by atoms with van der Waals surface area (Å²) in [6.07, 6.45) is 0. The van der Waals surface area contributed by atoms with Crippen molar-refractivity contribution < 1.29 is 4.39 Å². The standard InChI is InChI=1S/C13H21FN2/c1-11(8-15-2)9-16(3)10-12-5-4-6-13(14)7-12/h4-7,11,15H,8-10H2,1-3H3. The Morgan fingerprint density at radius 2 is 2.19 bits per heavy atom. The number of hydrogen-bond acceptors (Lipinski definition) is 2. The first-order chi connectivity index (χ1) is 7.61. The number of hydrogen-bond donors (Lipinski definition) is 1. The number of nitrogens with zero attached hydrogens (tertiary/aromatic N) is 1. The van der Waals surface area contributed by atoms with Crippen molar-refractivity contribution in [1.29, 1.82) is 0 Å². The van der Waals surface area contributed by atoms with Gasteiger partial charge in [-0.1, -0.05) is 19.1 Å². The molecule has 1 unspecified atom stereocenters. The smallest absolute Gasteiger partial charge is 0.123 e. The van der Waals surface area contributed by atoms with Crippen molar-refractivity contribution in [2.45, 2.75) is 13.5 Å². The zero-order valence-corrected chi connectivity index (χ0v) is 10.3. The molecule has 0 aliphatic heterocycles. The van der Waals surface area contributed by atoms with Crippen LogP contribution < -0.4 is 5.32 Å². The Bertz CT molecular complexity index is 315. The second-order valence-corrected chi connectivity index (χ2v) is 4.49. The molecule has 0 saturated carbocycles. The van der Waals surface area contributed by atoms with Crippen molar-refractivity contribution in [2.75, 3.05) is 27.2 Å². The molecule has 1 atom stereocenters. The number of nitrogens with one attached hydrogen (secondary N) is 1. The van der Waals surface area contributed by atoms with Gasteiger partial charge in [-0.2, -0.15) is 0 Å². The second-order valence-electron chi connectivity index (χ2n) is 4.49. The van der Waals surface area contributed by atoms with E-state index in [0.717, 1.165) is 25.2 Å². The third-order valence-corrected chi connectivity index (χ3v) is 2.52. The Kier molecular flexibility index (Phi) is 5.43. The predicted molar refractivity (Wildman–Crippen MR) is 65.8 cm³/mol. The summed E-state index contributed by atoms with van der Waals surface area (Å²) in [6.45, 7) is 5.02. The number of benzene rings is 1. The molecule has 0 spiro atoms. The molecule has 3 heteroatoms. The molecular formula is C13H21FN2. The van der Waals surface area contributed by atoms with Crippen LogP contribution in [-0.4, -0.2) is 32.1 Å². The quantitative estimate of drug-likeness (QED) is 0.796. The summed E-state index contributed by atoms with van der Waals surface area (Å²) >= 11 is 0. The van der Waals surface area contributed by atoms with Crippen LogP contribution in [0.2, 0.25) is 0 Å². The minimum absolute atomic E-state index is 0.158. The second kappa shape index (κ2) is 6.61. The normalized spacial score (nSPS) is 13.1. The highest BCUT2D eigenvalue weighted by Crippen LogP contribution is 2.07. The zero-order valence-electron chi connectivity index (χ0n) is 10.3. The van der Waals surface area contributed by atoms with Gasteiger partial charge in [-0.25, -0.2) is 4.39 Å². The van der Waals surface area contributed by atoms with E-state index < -0.39 is 0 Å². The van der Waals surface area contributed by atoms with E-state index in [1.54, 1.807) is 12.1 Å². The maximum absolute atomic E-state index is 13.0. The zero-order chi connectivity index (χ0) is 12.0. The van der Waals surface area contributed by atoms with Crippen LogP contribution >= 0.6 is 0 Å². The third-order valence-electron chi connectivity index (χ3n) is 2.52. The molecule has 0 radical (unpaired) electrons. The Morgan fingerprint density at radius 1 is 1.44 bits per heavy atom. The van der Waals surface area contributed by atoms with E-state index in [1.165, 1.54) is 6.07 Å². The van der Waals surface area contributed by atoms with Gasteiger partial charge in [-0.15, -0.1) is 0 Å². The van der Waals surface area contributed by atoms with Crippen LogP contribution in [0.15, 0.2) is 24.3 Å². The van der Waals surface area contributed by atoms with Gasteiger partial charge in [0.2, 0.25) is 0 Å². The van der Waals surface area contributed by atoms with Gasteiger partial charge in [-0.3, -0.25) is 0 Å². The molecular weight excluding hydrogens is 203 g/mol. The highest BCUT2D eigenvalue weighted by atomic mass is 19.1. The highest BCUT2D eigenvalue weighted by molar-refractivity contribution is 5.15. The van der Waals surface area contributed by atoms with Gasteiger partial charge in [0.15, 0.2) is 0 Å². The predicted octanol–water partition coefficient (Wildman–Crippen LogP) is 2.11. The summed E-state index contributed by atoms with van der Waals surface area (Å²) in [5.74, 6) is 0.442. The molecule has 1 aromatic carbocycles. The minimum Gasteiger partial charge on any atom is -0.319 e. The molecule has 1 N–H and O–H groups in total. The molecule has 1 rings (SSSR count). The first kappa shape index (κ1) is 13.1. The third kappa shape index (κ3) is 4.73. The summed E-state index contributed by atoms with van der Waals surface area (Å²) in [5, 5.41) is 3.16. The Balaban J connectivity index is 2.42. The Hall–Kier alpha value is -0.930. The van der Waals surface area contributed by atoms with E-state index in [4.69, 9.17) is 0 Å². The summed E-state index contributed by atoms with van der Waals surface area (Å²) in [7, 11) is 4.03. The maximum Gasteiger partial charge on any atom is 0.123 e. The van der Waals surface area contributed by atoms with E-state index >= 15 is 0 Å². The van der Waals surface area contributed by atoms with Crippen molar-refractivity contribution >= 4 is 0 Å². The molecule has 0 bridgehead atoms. The van der Waals surface area contributed by atoms with Crippen molar-refractivity contribution in [3.05, 3.63) is 35.6 Å². The maximum atomic E-state index is 13.0. The van der Waals surface area contributed by atoms with Crippen molar-refractivity contribution in [2.24, 2.45) is 5.92 Å². The van der Waals surface area contributed by atoms with Crippen LogP contribution in [0.1, 0.15) is 12.5 Å². The fourth-order valence-electron chi connectivity index (χ4n) is 1.96. The van der Waals surface area contributed by atoms with Crippen LogP contribution in [-0.2, 0) is 6.54 Å². The molecule has 0 amide bonds. The summed E-state index contributed by atoms with van der Waals surface area (Å²) in [6, 6.07) is 6.80. The van der Waals surface area contributed by atoms with Gasteiger partial charge in [0.25, 0.3) is 0 Å². The molecule has 0 aromatic heterocycles. The van der Waals surface area contributed by atoms with Crippen LogP contribution in [0, 0.1) is 11.7 Å². The van der Waals surface area contributed by atoms with Crippen molar-refractivity contribution in [1.82, 2.24) is 10.2 Å². The van der Waals surface area contributed by atoms with Crippen LogP contribution in [0.4, 0.5) is 4.39 Å². The summed E-state index contributed by atoms with van der Waals surface area (Å²) < 4.78 is 13.0. The molecule has 2 nitrogen and oxygen atoms in total. The van der Waals surface area contributed by atoms with Gasteiger partial charge in [-0.05, 0) is 44.3 Å². The Labute approximate surface area is 97.5 Å². The molecule has 0 aliphatic rings. The topological polar surface area (TPSA) is 15.3 Å². The number of rotatable bonds is 6. The van der Waals surface area contributed by atoms with Crippen LogP contribution in [0.3, 0.4) is 0 Å². The minimum atomic E-state index is -0.158. The van der Waals surface area contributed by atoms with E-state index in [-0.39, 0.29) is 5.82 Å². The first-order valence-electron chi connectivity index (χ1n) is 5.69. The average molecular weight is 224 g/mol. The fraction of sp³-hybridized carbons (Fsp3) is 0.538. The lowest BCUT2D eigenvalue weighted by Crippen LogP contribution is -2.29. The van der Waals surface area contributed by atoms with Crippen LogP contribution in [0.25, 0.3) is 0 Å². The summed E-state index contributed by atoms with van der Waals surface area (Å²) in [4.78, 5) is 2.22. The first-order valence-corrected chi connectivity index (χ1v) is 5.69. The van der Waals surface area contributed by atoms with Gasteiger partial charge < -0.3 is 10.2 Å². The molecule has 0 saturated heterocycles. The Morgan fingerprint density at radius 3 is 2.81 bits per heavy atom. The van der Waals surface area contributed by atoms with Crippen molar-refractivity contribution in [3.63, 3.8) is 0 Å². The molecule has 1 aromatic rings. The largest absolute Gasteiger partial charge is 0.319 e. The van der Waals surface area contributed by atoms with Gasteiger partial charge in [0.05, 0.1) is 0 Å². The van der Waals surface area contributed by atoms with E-state index in [9.17, 15) is 4.39 Å². The van der Waals surface area contributed by atoms with E-state index in [2.05, 4.69) is 24.2 Å². The molecule has 0 fully saturated rings. The van der Waals surface area contributed by atoms with Gasteiger partial charge in [0.1, 0.15) is 5.82 Å².